The maximum Gasteiger partial charge on any atom is 0.0468 e. The molecular weight excluding hydrogens is 282 g/mol. The molecule has 1 aliphatic rings. The van der Waals surface area contributed by atoms with Crippen LogP contribution in [0.1, 0.15) is 42.9 Å². The number of anilines is 1. The van der Waals surface area contributed by atoms with E-state index in [2.05, 4.69) is 67.7 Å². The van der Waals surface area contributed by atoms with Gasteiger partial charge < -0.3 is 10.1 Å². The van der Waals surface area contributed by atoms with E-state index in [4.69, 9.17) is 4.74 Å². The van der Waals surface area contributed by atoms with Gasteiger partial charge in [0.1, 0.15) is 0 Å². The second-order valence-corrected chi connectivity index (χ2v) is 7.21. The van der Waals surface area contributed by atoms with Crippen molar-refractivity contribution in [2.75, 3.05) is 25.6 Å². The number of methoxy groups -OCH3 is 1. The average molecular weight is 309 g/mol. The van der Waals surface area contributed by atoms with Crippen molar-refractivity contribution in [1.82, 2.24) is 0 Å². The fraction of sp³-hybridized carbons (Fsp3) is 0.429. The van der Waals surface area contributed by atoms with E-state index in [-0.39, 0.29) is 5.41 Å². The molecule has 0 saturated carbocycles. The van der Waals surface area contributed by atoms with E-state index < -0.39 is 0 Å². The van der Waals surface area contributed by atoms with Gasteiger partial charge in [-0.25, -0.2) is 0 Å². The van der Waals surface area contributed by atoms with Gasteiger partial charge in [0.25, 0.3) is 0 Å². The second kappa shape index (κ2) is 6.76. The normalized spacial score (nSPS) is 16.7. The van der Waals surface area contributed by atoms with Crippen LogP contribution >= 0.6 is 0 Å². The lowest BCUT2D eigenvalue weighted by molar-refractivity contribution is 0.187. The summed E-state index contributed by atoms with van der Waals surface area (Å²) in [7, 11) is 1.78. The van der Waals surface area contributed by atoms with Gasteiger partial charge in [0.2, 0.25) is 0 Å². The molecule has 0 radical (unpaired) electrons. The number of ether oxygens (including phenoxy) is 1. The molecule has 2 aromatic rings. The lowest BCUT2D eigenvalue weighted by Crippen LogP contribution is -2.19. The number of hydrogen-bond acceptors (Lipinski definition) is 2. The molecule has 2 nitrogen and oxygen atoms in total. The maximum atomic E-state index is 5.33. The summed E-state index contributed by atoms with van der Waals surface area (Å²) < 4.78 is 5.33. The average Bonchev–Trinajstić information content (AvgIpc) is 2.87. The number of hydrogen-bond donors (Lipinski definition) is 1. The van der Waals surface area contributed by atoms with Crippen LogP contribution in [-0.2, 0) is 16.6 Å². The summed E-state index contributed by atoms with van der Waals surface area (Å²) in [6.45, 7) is 6.46. The first-order valence-corrected chi connectivity index (χ1v) is 8.51. The summed E-state index contributed by atoms with van der Waals surface area (Å²) in [6.07, 6.45) is 2.12. The third kappa shape index (κ3) is 3.59. The van der Waals surface area contributed by atoms with E-state index in [0.29, 0.717) is 5.92 Å². The standard InChI is InChI=1S/C21H27NO/c1-21(2)15-22-20-10-9-16(14-19(20)21)13-18(11-12-23-3)17-7-5-4-6-8-17/h4-10,14,18,22H,11-13,15H2,1-3H3. The molecule has 1 unspecified atom stereocenters. The van der Waals surface area contributed by atoms with Crippen LogP contribution in [0.25, 0.3) is 0 Å². The maximum absolute atomic E-state index is 5.33. The van der Waals surface area contributed by atoms with Gasteiger partial charge >= 0.3 is 0 Å². The molecule has 1 N–H and O–H groups in total. The lowest BCUT2D eigenvalue weighted by atomic mass is 9.84. The monoisotopic (exact) mass is 309 g/mol. The first-order valence-electron chi connectivity index (χ1n) is 8.51. The Labute approximate surface area is 139 Å². The number of benzene rings is 2. The predicted molar refractivity (Wildman–Crippen MR) is 97.3 cm³/mol. The highest BCUT2D eigenvalue weighted by Crippen LogP contribution is 2.37. The summed E-state index contributed by atoms with van der Waals surface area (Å²) in [6, 6.07) is 17.7. The van der Waals surface area contributed by atoms with Crippen LogP contribution in [0.2, 0.25) is 0 Å². The van der Waals surface area contributed by atoms with Crippen LogP contribution in [0, 0.1) is 0 Å². The van der Waals surface area contributed by atoms with Crippen LogP contribution in [0.5, 0.6) is 0 Å². The first kappa shape index (κ1) is 16.1. The van der Waals surface area contributed by atoms with Crippen molar-refractivity contribution in [3.8, 4) is 0 Å². The third-order valence-corrected chi connectivity index (χ3v) is 4.96. The lowest BCUT2D eigenvalue weighted by Gasteiger charge is -2.20. The Bertz CT molecular complexity index is 648. The highest BCUT2D eigenvalue weighted by atomic mass is 16.5. The van der Waals surface area contributed by atoms with Gasteiger partial charge in [0, 0.05) is 31.4 Å². The van der Waals surface area contributed by atoms with Gasteiger partial charge in [-0.05, 0) is 41.5 Å². The molecule has 0 spiro atoms. The molecule has 122 valence electrons. The molecule has 23 heavy (non-hydrogen) atoms. The second-order valence-electron chi connectivity index (χ2n) is 7.21. The Hall–Kier alpha value is -1.80. The summed E-state index contributed by atoms with van der Waals surface area (Å²) in [5.74, 6) is 0.506. The Kier molecular flexibility index (Phi) is 4.72. The van der Waals surface area contributed by atoms with Crippen molar-refractivity contribution in [2.45, 2.75) is 38.0 Å². The summed E-state index contributed by atoms with van der Waals surface area (Å²) in [4.78, 5) is 0. The molecule has 1 atom stereocenters. The minimum Gasteiger partial charge on any atom is -0.385 e. The van der Waals surface area contributed by atoms with Crippen molar-refractivity contribution >= 4 is 5.69 Å². The quantitative estimate of drug-likeness (QED) is 0.831. The van der Waals surface area contributed by atoms with Crippen LogP contribution in [0.3, 0.4) is 0 Å². The number of nitrogens with one attached hydrogen (secondary N) is 1. The third-order valence-electron chi connectivity index (χ3n) is 4.96. The van der Waals surface area contributed by atoms with E-state index in [9.17, 15) is 0 Å². The minimum atomic E-state index is 0.222. The fourth-order valence-electron chi connectivity index (χ4n) is 3.50. The van der Waals surface area contributed by atoms with Crippen LogP contribution in [-0.4, -0.2) is 20.3 Å². The molecule has 2 aromatic carbocycles. The largest absolute Gasteiger partial charge is 0.385 e. The number of rotatable bonds is 6. The molecular formula is C21H27NO. The zero-order chi connectivity index (χ0) is 16.3. The van der Waals surface area contributed by atoms with Crippen LogP contribution in [0.4, 0.5) is 5.69 Å². The Balaban J connectivity index is 1.83. The summed E-state index contributed by atoms with van der Waals surface area (Å²) >= 11 is 0. The Morgan fingerprint density at radius 2 is 1.91 bits per heavy atom. The molecule has 0 saturated heterocycles. The Morgan fingerprint density at radius 3 is 2.65 bits per heavy atom. The van der Waals surface area contributed by atoms with Gasteiger partial charge in [0.05, 0.1) is 0 Å². The molecule has 1 heterocycles. The molecule has 0 bridgehead atoms. The van der Waals surface area contributed by atoms with Gasteiger partial charge in [-0.1, -0.05) is 56.3 Å². The smallest absolute Gasteiger partial charge is 0.0468 e. The zero-order valence-electron chi connectivity index (χ0n) is 14.4. The highest BCUT2D eigenvalue weighted by molar-refractivity contribution is 5.61. The Morgan fingerprint density at radius 1 is 1.13 bits per heavy atom. The molecule has 1 aliphatic heterocycles. The van der Waals surface area contributed by atoms with E-state index in [0.717, 1.165) is 26.0 Å². The van der Waals surface area contributed by atoms with Crippen molar-refractivity contribution in [2.24, 2.45) is 0 Å². The minimum absolute atomic E-state index is 0.222. The fourth-order valence-corrected chi connectivity index (χ4v) is 3.50. The molecule has 0 aromatic heterocycles. The van der Waals surface area contributed by atoms with Crippen molar-refractivity contribution in [3.63, 3.8) is 0 Å². The summed E-state index contributed by atoms with van der Waals surface area (Å²) in [5, 5.41) is 3.52. The molecule has 0 aliphatic carbocycles. The number of fused-ring (bicyclic) bond motifs is 1. The van der Waals surface area contributed by atoms with Gasteiger partial charge in [-0.15, -0.1) is 0 Å². The van der Waals surface area contributed by atoms with E-state index in [1.165, 1.54) is 22.4 Å². The van der Waals surface area contributed by atoms with Crippen molar-refractivity contribution in [3.05, 3.63) is 65.2 Å². The van der Waals surface area contributed by atoms with Gasteiger partial charge in [-0.2, -0.15) is 0 Å². The molecule has 0 fully saturated rings. The van der Waals surface area contributed by atoms with Crippen LogP contribution < -0.4 is 5.32 Å². The molecule has 3 rings (SSSR count). The molecule has 0 amide bonds. The van der Waals surface area contributed by atoms with Gasteiger partial charge in [-0.3, -0.25) is 0 Å². The van der Waals surface area contributed by atoms with E-state index in [1.807, 2.05) is 0 Å². The van der Waals surface area contributed by atoms with Crippen LogP contribution in [0.15, 0.2) is 48.5 Å². The highest BCUT2D eigenvalue weighted by Gasteiger charge is 2.29. The topological polar surface area (TPSA) is 21.3 Å². The zero-order valence-corrected chi connectivity index (χ0v) is 14.4. The molecule has 2 heteroatoms. The van der Waals surface area contributed by atoms with Crippen molar-refractivity contribution < 1.29 is 4.74 Å². The SMILES string of the molecule is COCCC(Cc1ccc2c(c1)C(C)(C)CN2)c1ccccc1. The van der Waals surface area contributed by atoms with E-state index >= 15 is 0 Å². The summed E-state index contributed by atoms with van der Waals surface area (Å²) in [5.41, 5.74) is 5.80. The van der Waals surface area contributed by atoms with Gasteiger partial charge in [0.15, 0.2) is 0 Å². The first-order chi connectivity index (χ1) is 11.1. The van der Waals surface area contributed by atoms with E-state index in [1.54, 1.807) is 7.11 Å². The predicted octanol–water partition coefficient (Wildman–Crippen LogP) is 4.75. The van der Waals surface area contributed by atoms with Crippen molar-refractivity contribution in [1.29, 1.82) is 0 Å².